The first-order valence-electron chi connectivity index (χ1n) is 7.93. The molecule has 25 heavy (non-hydrogen) atoms. The van der Waals surface area contributed by atoms with Gasteiger partial charge in [0.05, 0.1) is 17.0 Å². The molecule has 1 saturated carbocycles. The van der Waals surface area contributed by atoms with Crippen LogP contribution in [0, 0.1) is 30.0 Å². The van der Waals surface area contributed by atoms with Gasteiger partial charge in [0.15, 0.2) is 5.65 Å². The van der Waals surface area contributed by atoms with Gasteiger partial charge in [-0.2, -0.15) is 10.4 Å². The molecule has 1 aliphatic carbocycles. The fraction of sp³-hybridized carbons (Fsp3) is 0.278. The van der Waals surface area contributed by atoms with Crippen molar-refractivity contribution in [2.75, 3.05) is 6.61 Å². The van der Waals surface area contributed by atoms with Gasteiger partial charge in [-0.05, 0) is 42.9 Å². The average Bonchev–Trinajstić information content (AvgIpc) is 3.29. The SMILES string of the molecule is Cc1n[nH]c2nc(-c3ccc(O)cc3F)c(C#N)c([C@@H]3C[C@H]3CO)c12. The van der Waals surface area contributed by atoms with Crippen LogP contribution in [0.1, 0.15) is 29.2 Å². The Morgan fingerprint density at radius 3 is 2.88 bits per heavy atom. The number of benzene rings is 1. The predicted octanol–water partition coefficient (Wildman–Crippen LogP) is 2.75. The number of aliphatic hydroxyl groups excluding tert-OH is 1. The zero-order chi connectivity index (χ0) is 17.7. The summed E-state index contributed by atoms with van der Waals surface area (Å²) in [4.78, 5) is 4.42. The molecule has 3 aromatic rings. The minimum Gasteiger partial charge on any atom is -0.508 e. The molecule has 1 aromatic carbocycles. The second kappa shape index (κ2) is 5.53. The van der Waals surface area contributed by atoms with Gasteiger partial charge in [0, 0.05) is 23.6 Å². The molecule has 2 atom stereocenters. The van der Waals surface area contributed by atoms with E-state index in [9.17, 15) is 19.9 Å². The standard InChI is InChI=1S/C18H15FN4O2/c1-8-15-16(12-4-9(12)7-24)13(6-20)17(21-18(15)23-22-8)11-3-2-10(25)5-14(11)19/h2-3,5,9,12,24-25H,4,7H2,1H3,(H,21,22,23)/t9-,12+/m0/s1. The summed E-state index contributed by atoms with van der Waals surface area (Å²) in [5.41, 5.74) is 2.62. The third-order valence-corrected chi connectivity index (χ3v) is 4.77. The molecule has 126 valence electrons. The summed E-state index contributed by atoms with van der Waals surface area (Å²) in [5.74, 6) is -0.731. The Balaban J connectivity index is 2.05. The molecule has 4 rings (SSSR count). The zero-order valence-corrected chi connectivity index (χ0v) is 13.4. The van der Waals surface area contributed by atoms with Gasteiger partial charge in [0.2, 0.25) is 0 Å². The predicted molar refractivity (Wildman–Crippen MR) is 88.3 cm³/mol. The van der Waals surface area contributed by atoms with E-state index < -0.39 is 5.82 Å². The van der Waals surface area contributed by atoms with Gasteiger partial charge in [-0.25, -0.2) is 9.37 Å². The maximum absolute atomic E-state index is 14.4. The van der Waals surface area contributed by atoms with Crippen LogP contribution in [0.3, 0.4) is 0 Å². The van der Waals surface area contributed by atoms with Crippen molar-refractivity contribution in [2.24, 2.45) is 5.92 Å². The molecular formula is C18H15FN4O2. The summed E-state index contributed by atoms with van der Waals surface area (Å²) in [6.07, 6.45) is 0.770. The lowest BCUT2D eigenvalue weighted by Gasteiger charge is -2.12. The highest BCUT2D eigenvalue weighted by atomic mass is 19.1. The van der Waals surface area contributed by atoms with E-state index in [4.69, 9.17) is 0 Å². The van der Waals surface area contributed by atoms with Crippen LogP contribution in [0.4, 0.5) is 4.39 Å². The smallest absolute Gasteiger partial charge is 0.156 e. The Morgan fingerprint density at radius 1 is 1.44 bits per heavy atom. The van der Waals surface area contributed by atoms with Gasteiger partial charge in [-0.3, -0.25) is 5.10 Å². The van der Waals surface area contributed by atoms with Crippen molar-refractivity contribution in [3.8, 4) is 23.1 Å². The molecule has 1 aliphatic rings. The summed E-state index contributed by atoms with van der Waals surface area (Å²) in [5, 5.41) is 36.4. The molecule has 1 fully saturated rings. The number of halogens is 1. The second-order valence-corrected chi connectivity index (χ2v) is 6.34. The number of hydrogen-bond donors (Lipinski definition) is 3. The molecule has 0 radical (unpaired) electrons. The van der Waals surface area contributed by atoms with Crippen molar-refractivity contribution in [2.45, 2.75) is 19.3 Å². The maximum atomic E-state index is 14.4. The lowest BCUT2D eigenvalue weighted by molar-refractivity contribution is 0.274. The largest absolute Gasteiger partial charge is 0.508 e. The number of aromatic nitrogens is 3. The number of phenols is 1. The second-order valence-electron chi connectivity index (χ2n) is 6.34. The highest BCUT2D eigenvalue weighted by molar-refractivity contribution is 5.89. The topological polar surface area (TPSA) is 106 Å². The molecule has 6 nitrogen and oxygen atoms in total. The fourth-order valence-electron chi connectivity index (χ4n) is 3.42. The van der Waals surface area contributed by atoms with E-state index in [0.29, 0.717) is 11.2 Å². The molecule has 0 bridgehead atoms. The fourth-order valence-corrected chi connectivity index (χ4v) is 3.42. The number of fused-ring (bicyclic) bond motifs is 1. The van der Waals surface area contributed by atoms with Gasteiger partial charge in [0.25, 0.3) is 0 Å². The van der Waals surface area contributed by atoms with Crippen molar-refractivity contribution in [1.82, 2.24) is 15.2 Å². The van der Waals surface area contributed by atoms with Gasteiger partial charge in [0.1, 0.15) is 17.6 Å². The summed E-state index contributed by atoms with van der Waals surface area (Å²) in [6, 6.07) is 5.92. The third kappa shape index (κ3) is 2.34. The monoisotopic (exact) mass is 338 g/mol. The van der Waals surface area contributed by atoms with E-state index in [1.54, 1.807) is 0 Å². The van der Waals surface area contributed by atoms with E-state index in [0.717, 1.165) is 29.1 Å². The van der Waals surface area contributed by atoms with Crippen molar-refractivity contribution in [1.29, 1.82) is 5.26 Å². The minimum atomic E-state index is -0.653. The number of aryl methyl sites for hydroxylation is 1. The van der Waals surface area contributed by atoms with Crippen molar-refractivity contribution in [3.63, 3.8) is 0 Å². The molecule has 0 unspecified atom stereocenters. The lowest BCUT2D eigenvalue weighted by Crippen LogP contribution is -2.01. The zero-order valence-electron chi connectivity index (χ0n) is 13.4. The number of aromatic amines is 1. The van der Waals surface area contributed by atoms with Crippen LogP contribution in [-0.2, 0) is 0 Å². The quantitative estimate of drug-likeness (QED) is 0.681. The first kappa shape index (κ1) is 15.5. The average molecular weight is 338 g/mol. The van der Waals surface area contributed by atoms with E-state index in [2.05, 4.69) is 21.3 Å². The van der Waals surface area contributed by atoms with Crippen molar-refractivity contribution in [3.05, 3.63) is 40.8 Å². The maximum Gasteiger partial charge on any atom is 0.156 e. The number of rotatable bonds is 3. The number of pyridine rings is 1. The normalized spacial score (nSPS) is 19.1. The highest BCUT2D eigenvalue weighted by Crippen LogP contribution is 2.51. The third-order valence-electron chi connectivity index (χ3n) is 4.77. The molecule has 3 N–H and O–H groups in total. The van der Waals surface area contributed by atoms with Crippen molar-refractivity contribution < 1.29 is 14.6 Å². The molecule has 0 aliphatic heterocycles. The number of phenolic OH excluding ortho intramolecular Hbond substituents is 1. The molecule has 2 heterocycles. The number of aromatic hydroxyl groups is 1. The van der Waals surface area contributed by atoms with Gasteiger partial charge in [-0.1, -0.05) is 0 Å². The van der Waals surface area contributed by atoms with Crippen LogP contribution >= 0.6 is 0 Å². The molecule has 7 heteroatoms. The van der Waals surface area contributed by atoms with Gasteiger partial charge < -0.3 is 10.2 Å². The first-order valence-corrected chi connectivity index (χ1v) is 7.93. The number of H-pyrrole nitrogens is 1. The Kier molecular flexibility index (Phi) is 3.44. The molecule has 0 saturated heterocycles. The van der Waals surface area contributed by atoms with Crippen LogP contribution in [0.15, 0.2) is 18.2 Å². The number of nitrogens with zero attached hydrogens (tertiary/aromatic N) is 3. The van der Waals surface area contributed by atoms with E-state index in [-0.39, 0.29) is 35.4 Å². The molecule has 2 aromatic heterocycles. The van der Waals surface area contributed by atoms with Crippen LogP contribution < -0.4 is 0 Å². The Bertz CT molecular complexity index is 1040. The number of nitriles is 1. The van der Waals surface area contributed by atoms with E-state index >= 15 is 0 Å². The van der Waals surface area contributed by atoms with Crippen LogP contribution in [0.2, 0.25) is 0 Å². The summed E-state index contributed by atoms with van der Waals surface area (Å²) < 4.78 is 14.4. The van der Waals surface area contributed by atoms with Gasteiger partial charge in [-0.15, -0.1) is 0 Å². The summed E-state index contributed by atoms with van der Waals surface area (Å²) >= 11 is 0. The van der Waals surface area contributed by atoms with Crippen molar-refractivity contribution >= 4 is 11.0 Å². The highest BCUT2D eigenvalue weighted by Gasteiger charge is 2.42. The number of hydrogen-bond acceptors (Lipinski definition) is 5. The Hall–Kier alpha value is -2.98. The first-order chi connectivity index (χ1) is 12.0. The van der Waals surface area contributed by atoms with E-state index in [1.165, 1.54) is 12.1 Å². The van der Waals surface area contributed by atoms with Gasteiger partial charge >= 0.3 is 0 Å². The van der Waals surface area contributed by atoms with E-state index in [1.807, 2.05) is 6.92 Å². The Labute approximate surface area is 142 Å². The van der Waals surface area contributed by atoms with Crippen LogP contribution in [-0.4, -0.2) is 32.0 Å². The number of aliphatic hydroxyl groups is 1. The van der Waals surface area contributed by atoms with Crippen LogP contribution in [0.25, 0.3) is 22.3 Å². The molecule has 0 spiro atoms. The summed E-state index contributed by atoms with van der Waals surface area (Å²) in [7, 11) is 0. The molecule has 0 amide bonds. The number of nitrogens with one attached hydrogen (secondary N) is 1. The Morgan fingerprint density at radius 2 is 2.24 bits per heavy atom. The summed E-state index contributed by atoms with van der Waals surface area (Å²) in [6.45, 7) is 1.86. The molecular weight excluding hydrogens is 323 g/mol. The lowest BCUT2D eigenvalue weighted by atomic mass is 9.94. The minimum absolute atomic E-state index is 0.0281. The van der Waals surface area contributed by atoms with Crippen LogP contribution in [0.5, 0.6) is 5.75 Å².